The maximum absolute atomic E-state index is 5.75. The lowest BCUT2D eigenvalue weighted by atomic mass is 9.94. The van der Waals surface area contributed by atoms with Gasteiger partial charge in [0, 0.05) is 19.5 Å². The van der Waals surface area contributed by atoms with Gasteiger partial charge in [-0.1, -0.05) is 13.0 Å². The average molecular weight is 273 g/mol. The highest BCUT2D eigenvalue weighted by Crippen LogP contribution is 2.19. The molecular formula is C15H23N5. The Hall–Kier alpha value is -1.46. The number of hydrogen-bond donors (Lipinski definition) is 1. The summed E-state index contributed by atoms with van der Waals surface area (Å²) >= 11 is 0. The van der Waals surface area contributed by atoms with Crippen LogP contribution in [0.1, 0.15) is 31.3 Å². The van der Waals surface area contributed by atoms with E-state index < -0.39 is 0 Å². The molecule has 0 saturated carbocycles. The van der Waals surface area contributed by atoms with E-state index >= 15 is 0 Å². The molecule has 1 unspecified atom stereocenters. The molecule has 1 atom stereocenters. The molecular weight excluding hydrogens is 250 g/mol. The molecule has 2 aromatic heterocycles. The molecule has 108 valence electrons. The van der Waals surface area contributed by atoms with Gasteiger partial charge in [-0.25, -0.2) is 9.50 Å². The van der Waals surface area contributed by atoms with Gasteiger partial charge in [-0.05, 0) is 44.0 Å². The van der Waals surface area contributed by atoms with Gasteiger partial charge in [-0.2, -0.15) is 5.10 Å². The van der Waals surface area contributed by atoms with E-state index in [0.717, 1.165) is 30.1 Å². The molecule has 1 aliphatic heterocycles. The number of aromatic nitrogens is 3. The van der Waals surface area contributed by atoms with E-state index in [9.17, 15) is 0 Å². The summed E-state index contributed by atoms with van der Waals surface area (Å²) in [5.74, 6) is 1.64. The molecule has 5 heteroatoms. The summed E-state index contributed by atoms with van der Waals surface area (Å²) in [5, 5.41) is 4.64. The molecule has 0 bridgehead atoms. The van der Waals surface area contributed by atoms with Crippen molar-refractivity contribution in [3.05, 3.63) is 29.7 Å². The smallest absolute Gasteiger partial charge is 0.155 e. The van der Waals surface area contributed by atoms with Crippen LogP contribution in [0.3, 0.4) is 0 Å². The van der Waals surface area contributed by atoms with Gasteiger partial charge in [0.1, 0.15) is 0 Å². The molecule has 1 aliphatic rings. The summed E-state index contributed by atoms with van der Waals surface area (Å²) in [6.07, 6.45) is 3.55. The fourth-order valence-corrected chi connectivity index (χ4v) is 3.11. The number of piperidine rings is 1. The van der Waals surface area contributed by atoms with Crippen molar-refractivity contribution in [3.8, 4) is 0 Å². The Kier molecular flexibility index (Phi) is 3.98. The first-order valence-corrected chi connectivity index (χ1v) is 7.56. The predicted octanol–water partition coefficient (Wildman–Crippen LogP) is 1.46. The molecule has 0 aliphatic carbocycles. The molecule has 0 amide bonds. The third-order valence-corrected chi connectivity index (χ3v) is 4.21. The summed E-state index contributed by atoms with van der Waals surface area (Å²) in [4.78, 5) is 7.17. The van der Waals surface area contributed by atoms with Crippen LogP contribution < -0.4 is 5.73 Å². The fourth-order valence-electron chi connectivity index (χ4n) is 3.11. The minimum atomic E-state index is 0.493. The zero-order valence-electron chi connectivity index (χ0n) is 12.1. The van der Waals surface area contributed by atoms with Crippen LogP contribution in [0.2, 0.25) is 0 Å². The normalized spacial score (nSPS) is 20.6. The Labute approximate surface area is 119 Å². The van der Waals surface area contributed by atoms with Crippen LogP contribution in [0.4, 0.5) is 0 Å². The molecule has 1 saturated heterocycles. The van der Waals surface area contributed by atoms with E-state index in [0.29, 0.717) is 12.5 Å². The Balaban J connectivity index is 1.77. The van der Waals surface area contributed by atoms with Gasteiger partial charge in [-0.15, -0.1) is 0 Å². The minimum Gasteiger partial charge on any atom is -0.325 e. The highest BCUT2D eigenvalue weighted by atomic mass is 15.3. The molecule has 5 nitrogen and oxygen atoms in total. The largest absolute Gasteiger partial charge is 0.325 e. The van der Waals surface area contributed by atoms with Gasteiger partial charge in [0.2, 0.25) is 0 Å². The summed E-state index contributed by atoms with van der Waals surface area (Å²) in [7, 11) is 0. The van der Waals surface area contributed by atoms with Gasteiger partial charge in [0.25, 0.3) is 0 Å². The predicted molar refractivity (Wildman–Crippen MR) is 79.4 cm³/mol. The Morgan fingerprint density at radius 1 is 1.40 bits per heavy atom. The van der Waals surface area contributed by atoms with Crippen LogP contribution >= 0.6 is 0 Å². The number of rotatable bonds is 4. The third-order valence-electron chi connectivity index (χ3n) is 4.21. The van der Waals surface area contributed by atoms with E-state index in [1.807, 2.05) is 22.7 Å². The Morgan fingerprint density at radius 2 is 2.30 bits per heavy atom. The Bertz CT molecular complexity index is 577. The number of fused-ring (bicyclic) bond motifs is 1. The van der Waals surface area contributed by atoms with E-state index in [-0.39, 0.29) is 0 Å². The van der Waals surface area contributed by atoms with Gasteiger partial charge >= 0.3 is 0 Å². The maximum Gasteiger partial charge on any atom is 0.155 e. The summed E-state index contributed by atoms with van der Waals surface area (Å²) in [6.45, 7) is 6.29. The van der Waals surface area contributed by atoms with Crippen LogP contribution in [-0.4, -0.2) is 39.1 Å². The van der Waals surface area contributed by atoms with Crippen LogP contribution in [-0.2, 0) is 13.0 Å². The fraction of sp³-hybridized carbons (Fsp3) is 0.600. The zero-order valence-corrected chi connectivity index (χ0v) is 12.1. The monoisotopic (exact) mass is 273 g/mol. The molecule has 20 heavy (non-hydrogen) atoms. The lowest BCUT2D eigenvalue weighted by molar-refractivity contribution is 0.181. The average Bonchev–Trinajstić information content (AvgIpc) is 2.89. The van der Waals surface area contributed by atoms with E-state index in [1.165, 1.54) is 25.9 Å². The maximum atomic E-state index is 5.75. The van der Waals surface area contributed by atoms with Gasteiger partial charge in [-0.3, -0.25) is 0 Å². The molecule has 3 heterocycles. The topological polar surface area (TPSA) is 59.5 Å². The number of nitrogens with zero attached hydrogens (tertiary/aromatic N) is 4. The van der Waals surface area contributed by atoms with Crippen LogP contribution in [0.5, 0.6) is 0 Å². The summed E-state index contributed by atoms with van der Waals surface area (Å²) in [5.41, 5.74) is 7.67. The first kappa shape index (κ1) is 13.5. The number of nitrogens with two attached hydrogens (primary N) is 1. The van der Waals surface area contributed by atoms with Crippen LogP contribution in [0.25, 0.3) is 5.65 Å². The van der Waals surface area contributed by atoms with E-state index in [1.54, 1.807) is 0 Å². The van der Waals surface area contributed by atoms with E-state index in [2.05, 4.69) is 21.9 Å². The van der Waals surface area contributed by atoms with Crippen LogP contribution in [0.15, 0.2) is 18.2 Å². The first-order chi connectivity index (χ1) is 9.80. The first-order valence-electron chi connectivity index (χ1n) is 7.56. The molecule has 1 fully saturated rings. The molecule has 0 aromatic carbocycles. The van der Waals surface area contributed by atoms with Gasteiger partial charge in [0.15, 0.2) is 11.5 Å². The second-order valence-electron chi connectivity index (χ2n) is 5.62. The van der Waals surface area contributed by atoms with Crippen molar-refractivity contribution >= 4 is 5.65 Å². The minimum absolute atomic E-state index is 0.493. The van der Waals surface area contributed by atoms with Gasteiger partial charge < -0.3 is 10.6 Å². The van der Waals surface area contributed by atoms with Crippen molar-refractivity contribution in [1.29, 1.82) is 0 Å². The third kappa shape index (κ3) is 2.69. The van der Waals surface area contributed by atoms with Crippen molar-refractivity contribution < 1.29 is 0 Å². The lowest BCUT2D eigenvalue weighted by Crippen LogP contribution is -2.36. The standard InChI is InChI=1S/C15H23N5/c1-2-19-8-4-5-12(11-19)9-14-17-15-7-3-6-13(10-16)20(15)18-14/h3,6-7,12H,2,4-5,8-11,16H2,1H3. The second-order valence-corrected chi connectivity index (χ2v) is 5.62. The van der Waals surface area contributed by atoms with Crippen molar-refractivity contribution in [2.24, 2.45) is 11.7 Å². The number of pyridine rings is 1. The van der Waals surface area contributed by atoms with Crippen molar-refractivity contribution in [2.45, 2.75) is 32.7 Å². The molecule has 3 rings (SSSR count). The second kappa shape index (κ2) is 5.89. The molecule has 0 radical (unpaired) electrons. The summed E-state index contributed by atoms with van der Waals surface area (Å²) in [6, 6.07) is 6.00. The quantitative estimate of drug-likeness (QED) is 0.916. The Morgan fingerprint density at radius 3 is 3.10 bits per heavy atom. The van der Waals surface area contributed by atoms with Crippen LogP contribution in [0, 0.1) is 5.92 Å². The number of likely N-dealkylation sites (tertiary alicyclic amines) is 1. The molecule has 2 aromatic rings. The summed E-state index contributed by atoms with van der Waals surface area (Å²) < 4.78 is 1.88. The van der Waals surface area contributed by atoms with Gasteiger partial charge in [0.05, 0.1) is 5.69 Å². The lowest BCUT2D eigenvalue weighted by Gasteiger charge is -2.31. The highest BCUT2D eigenvalue weighted by molar-refractivity contribution is 5.38. The van der Waals surface area contributed by atoms with E-state index in [4.69, 9.17) is 5.73 Å². The highest BCUT2D eigenvalue weighted by Gasteiger charge is 2.20. The van der Waals surface area contributed by atoms with Crippen molar-refractivity contribution in [3.63, 3.8) is 0 Å². The zero-order chi connectivity index (χ0) is 13.9. The molecule has 0 spiro atoms. The SMILES string of the molecule is CCN1CCCC(Cc2nc3cccc(CN)n3n2)C1. The molecule has 2 N–H and O–H groups in total. The van der Waals surface area contributed by atoms with Crippen molar-refractivity contribution in [1.82, 2.24) is 19.5 Å². The van der Waals surface area contributed by atoms with Crippen molar-refractivity contribution in [2.75, 3.05) is 19.6 Å². The number of hydrogen-bond acceptors (Lipinski definition) is 4.